The molecule has 0 bridgehead atoms. The molecular formula is C30H29N5O6. The predicted octanol–water partition coefficient (Wildman–Crippen LogP) is 3.50. The van der Waals surface area contributed by atoms with Gasteiger partial charge in [-0.15, -0.1) is 0 Å². The second-order valence-electron chi connectivity index (χ2n) is 9.15. The van der Waals surface area contributed by atoms with Crippen LogP contribution in [0.2, 0.25) is 0 Å². The molecule has 3 aromatic carbocycles. The molecule has 0 saturated heterocycles. The number of anilines is 1. The number of methoxy groups -OCH3 is 1. The van der Waals surface area contributed by atoms with Crippen LogP contribution in [-0.4, -0.2) is 40.0 Å². The number of benzene rings is 3. The molecular weight excluding hydrogens is 526 g/mol. The van der Waals surface area contributed by atoms with Crippen LogP contribution in [0.3, 0.4) is 0 Å². The standard InChI is InChI=1S/C30H29N5O6/c1-18-11-13-21(14-12-18)30(39)41-24-16-15-22(17-25(24)40-5)19(2)32-33-28(37)27(36)31-26-20(3)34(4)35(29(26)38)23-9-7-6-8-10-23/h6-17H,1-5H3,(H,31,36)(H,33,37)/b32-19+. The number of aromatic nitrogens is 2. The van der Waals surface area contributed by atoms with Crippen LogP contribution in [-0.2, 0) is 16.6 Å². The van der Waals surface area contributed by atoms with E-state index in [9.17, 15) is 19.2 Å². The highest BCUT2D eigenvalue weighted by atomic mass is 16.6. The van der Waals surface area contributed by atoms with Crippen LogP contribution in [0.25, 0.3) is 5.69 Å². The first kappa shape index (κ1) is 28.6. The molecule has 0 radical (unpaired) electrons. The van der Waals surface area contributed by atoms with Crippen molar-refractivity contribution in [3.05, 3.63) is 106 Å². The van der Waals surface area contributed by atoms with Crippen LogP contribution in [0.5, 0.6) is 11.5 Å². The molecule has 0 atom stereocenters. The topological polar surface area (TPSA) is 133 Å². The second kappa shape index (κ2) is 12.2. The minimum absolute atomic E-state index is 0.0160. The SMILES string of the molecule is COc1cc(/C(C)=N/NC(=O)C(=O)Nc2c(C)n(C)n(-c3ccccc3)c2=O)ccc1OC(=O)c1ccc(C)cc1. The maximum absolute atomic E-state index is 13.0. The van der Waals surface area contributed by atoms with E-state index in [-0.39, 0.29) is 17.2 Å². The maximum Gasteiger partial charge on any atom is 0.343 e. The molecule has 1 aromatic heterocycles. The normalized spacial score (nSPS) is 11.1. The highest BCUT2D eigenvalue weighted by molar-refractivity contribution is 6.39. The van der Waals surface area contributed by atoms with Crippen molar-refractivity contribution >= 4 is 29.2 Å². The number of ether oxygens (including phenoxy) is 2. The van der Waals surface area contributed by atoms with Crippen LogP contribution in [0.4, 0.5) is 5.69 Å². The van der Waals surface area contributed by atoms with E-state index >= 15 is 0 Å². The van der Waals surface area contributed by atoms with E-state index < -0.39 is 23.3 Å². The zero-order valence-corrected chi connectivity index (χ0v) is 23.2. The third kappa shape index (κ3) is 6.25. The number of aryl methyl sites for hydroxylation is 1. The van der Waals surface area contributed by atoms with Crippen molar-refractivity contribution in [2.75, 3.05) is 12.4 Å². The largest absolute Gasteiger partial charge is 0.493 e. The molecule has 210 valence electrons. The van der Waals surface area contributed by atoms with Crippen LogP contribution < -0.4 is 25.8 Å². The maximum atomic E-state index is 13.0. The number of nitrogens with zero attached hydrogens (tertiary/aromatic N) is 3. The number of hydrogen-bond acceptors (Lipinski definition) is 7. The second-order valence-corrected chi connectivity index (χ2v) is 9.15. The average Bonchev–Trinajstić information content (AvgIpc) is 3.19. The summed E-state index contributed by atoms with van der Waals surface area (Å²) >= 11 is 0. The summed E-state index contributed by atoms with van der Waals surface area (Å²) in [6.07, 6.45) is 0. The van der Waals surface area contributed by atoms with Crippen molar-refractivity contribution in [3.63, 3.8) is 0 Å². The molecule has 0 spiro atoms. The minimum Gasteiger partial charge on any atom is -0.493 e. The van der Waals surface area contributed by atoms with Crippen molar-refractivity contribution in [2.45, 2.75) is 20.8 Å². The third-order valence-corrected chi connectivity index (χ3v) is 6.40. The Morgan fingerprint density at radius 2 is 1.51 bits per heavy atom. The molecule has 0 saturated carbocycles. The first-order valence-corrected chi connectivity index (χ1v) is 12.6. The summed E-state index contributed by atoms with van der Waals surface area (Å²) in [5.41, 5.74) is 5.09. The molecule has 11 nitrogen and oxygen atoms in total. The quantitative estimate of drug-likeness (QED) is 0.118. The lowest BCUT2D eigenvalue weighted by Crippen LogP contribution is -2.34. The van der Waals surface area contributed by atoms with Crippen LogP contribution in [0, 0.1) is 13.8 Å². The van der Waals surface area contributed by atoms with Crippen molar-refractivity contribution in [1.82, 2.24) is 14.8 Å². The zero-order valence-electron chi connectivity index (χ0n) is 23.2. The Morgan fingerprint density at radius 3 is 2.17 bits per heavy atom. The van der Waals surface area contributed by atoms with Crippen molar-refractivity contribution in [3.8, 4) is 17.2 Å². The fraction of sp³-hybridized carbons (Fsp3) is 0.167. The highest BCUT2D eigenvalue weighted by Crippen LogP contribution is 2.29. The van der Waals surface area contributed by atoms with Gasteiger partial charge in [-0.1, -0.05) is 35.9 Å². The summed E-state index contributed by atoms with van der Waals surface area (Å²) in [6.45, 7) is 5.19. The smallest absolute Gasteiger partial charge is 0.343 e. The molecule has 11 heteroatoms. The summed E-state index contributed by atoms with van der Waals surface area (Å²) in [7, 11) is 3.11. The highest BCUT2D eigenvalue weighted by Gasteiger charge is 2.22. The van der Waals surface area contributed by atoms with Gasteiger partial charge < -0.3 is 14.8 Å². The number of hydrogen-bond donors (Lipinski definition) is 2. The number of hydrazone groups is 1. The zero-order chi connectivity index (χ0) is 29.7. The summed E-state index contributed by atoms with van der Waals surface area (Å²) < 4.78 is 13.8. The fourth-order valence-corrected chi connectivity index (χ4v) is 3.96. The Kier molecular flexibility index (Phi) is 8.47. The molecule has 0 aliphatic rings. The van der Waals surface area contributed by atoms with E-state index in [0.29, 0.717) is 28.2 Å². The number of nitrogens with one attached hydrogen (secondary N) is 2. The van der Waals surface area contributed by atoms with Gasteiger partial charge in [-0.2, -0.15) is 5.10 Å². The van der Waals surface area contributed by atoms with Gasteiger partial charge in [0, 0.05) is 12.6 Å². The Balaban J connectivity index is 1.44. The molecule has 2 N–H and O–H groups in total. The number of esters is 1. The monoisotopic (exact) mass is 555 g/mol. The van der Waals surface area contributed by atoms with Gasteiger partial charge in [0.1, 0.15) is 5.69 Å². The van der Waals surface area contributed by atoms with Crippen LogP contribution in [0.1, 0.15) is 34.1 Å². The van der Waals surface area contributed by atoms with E-state index in [0.717, 1.165) is 5.56 Å². The molecule has 2 amide bonds. The Morgan fingerprint density at radius 1 is 0.854 bits per heavy atom. The van der Waals surface area contributed by atoms with Gasteiger partial charge in [-0.05, 0) is 63.2 Å². The van der Waals surface area contributed by atoms with Crippen LogP contribution in [0.15, 0.2) is 82.7 Å². The van der Waals surface area contributed by atoms with Gasteiger partial charge in [0.15, 0.2) is 11.5 Å². The van der Waals surface area contributed by atoms with Gasteiger partial charge in [-0.25, -0.2) is 14.9 Å². The van der Waals surface area contributed by atoms with E-state index in [2.05, 4.69) is 15.8 Å². The molecule has 4 rings (SSSR count). The summed E-state index contributed by atoms with van der Waals surface area (Å²) in [5, 5.41) is 6.39. The minimum atomic E-state index is -1.06. The molecule has 0 unspecified atom stereocenters. The summed E-state index contributed by atoms with van der Waals surface area (Å²) in [4.78, 5) is 50.6. The van der Waals surface area contributed by atoms with E-state index in [1.165, 1.54) is 11.8 Å². The Labute approximate surface area is 236 Å². The molecule has 41 heavy (non-hydrogen) atoms. The Hall–Kier alpha value is -5.45. The lowest BCUT2D eigenvalue weighted by molar-refractivity contribution is -0.136. The molecule has 1 heterocycles. The van der Waals surface area contributed by atoms with Crippen molar-refractivity contribution < 1.29 is 23.9 Å². The van der Waals surface area contributed by atoms with Gasteiger partial charge in [0.2, 0.25) is 0 Å². The summed E-state index contributed by atoms with van der Waals surface area (Å²) in [6, 6.07) is 20.6. The number of amides is 2. The molecule has 0 aliphatic heterocycles. The lowest BCUT2D eigenvalue weighted by atomic mass is 10.1. The van der Waals surface area contributed by atoms with Crippen molar-refractivity contribution in [2.24, 2.45) is 12.1 Å². The van der Waals surface area contributed by atoms with E-state index in [4.69, 9.17) is 9.47 Å². The van der Waals surface area contributed by atoms with Gasteiger partial charge in [0.25, 0.3) is 5.56 Å². The fourth-order valence-electron chi connectivity index (χ4n) is 3.96. The predicted molar refractivity (Wildman–Crippen MR) is 154 cm³/mol. The summed E-state index contributed by atoms with van der Waals surface area (Å²) in [5.74, 6) is -2.17. The van der Waals surface area contributed by atoms with E-state index in [1.807, 2.05) is 25.1 Å². The number of rotatable bonds is 7. The average molecular weight is 556 g/mol. The molecule has 4 aromatic rings. The first-order chi connectivity index (χ1) is 19.6. The number of carbonyl (C=O) groups is 3. The van der Waals surface area contributed by atoms with Gasteiger partial charge in [0.05, 0.1) is 29.8 Å². The van der Waals surface area contributed by atoms with Crippen LogP contribution >= 0.6 is 0 Å². The lowest BCUT2D eigenvalue weighted by Gasteiger charge is -2.11. The Bertz CT molecular complexity index is 1700. The number of carbonyl (C=O) groups excluding carboxylic acids is 3. The first-order valence-electron chi connectivity index (χ1n) is 12.6. The van der Waals surface area contributed by atoms with Gasteiger partial charge >= 0.3 is 17.8 Å². The molecule has 0 fully saturated rings. The van der Waals surface area contributed by atoms with Gasteiger partial charge in [-0.3, -0.25) is 19.1 Å². The van der Waals surface area contributed by atoms with Crippen molar-refractivity contribution in [1.29, 1.82) is 0 Å². The molecule has 0 aliphatic carbocycles. The number of para-hydroxylation sites is 1. The third-order valence-electron chi connectivity index (χ3n) is 6.40. The van der Waals surface area contributed by atoms with E-state index in [1.54, 1.807) is 80.2 Å².